The molecule has 2 N–H and O–H groups in total. The van der Waals surface area contributed by atoms with Crippen molar-refractivity contribution in [3.05, 3.63) is 29.3 Å². The van der Waals surface area contributed by atoms with Gasteiger partial charge in [0, 0.05) is 36.1 Å². The first-order valence-corrected chi connectivity index (χ1v) is 9.90. The molecule has 28 heavy (non-hydrogen) atoms. The van der Waals surface area contributed by atoms with Gasteiger partial charge in [0.05, 0.1) is 0 Å². The van der Waals surface area contributed by atoms with Crippen molar-refractivity contribution in [1.29, 1.82) is 0 Å². The van der Waals surface area contributed by atoms with Crippen molar-refractivity contribution in [2.24, 2.45) is 11.8 Å². The third-order valence-electron chi connectivity index (χ3n) is 5.38. The summed E-state index contributed by atoms with van der Waals surface area (Å²) in [6.07, 6.45) is 2.74. The second kappa shape index (κ2) is 9.58. The van der Waals surface area contributed by atoms with Gasteiger partial charge in [-0.1, -0.05) is 16.8 Å². The number of piperidine rings is 1. The minimum absolute atomic E-state index is 0. The van der Waals surface area contributed by atoms with Crippen molar-refractivity contribution in [1.82, 2.24) is 20.8 Å². The van der Waals surface area contributed by atoms with E-state index in [-0.39, 0.29) is 24.2 Å². The SMILES string of the molecule is Cl.O=C(NC[C@H]1CCNC1)C1CCN(c2nc(-c3ccc(Cl)cc3)no2)CC1. The molecule has 2 fully saturated rings. The molecule has 1 aromatic carbocycles. The minimum atomic E-state index is 0. The monoisotopic (exact) mass is 425 g/mol. The van der Waals surface area contributed by atoms with Gasteiger partial charge in [-0.15, -0.1) is 12.4 Å². The summed E-state index contributed by atoms with van der Waals surface area (Å²) in [5.41, 5.74) is 0.866. The molecule has 0 radical (unpaired) electrons. The van der Waals surface area contributed by atoms with E-state index in [1.165, 1.54) is 0 Å². The molecule has 2 aromatic rings. The molecule has 0 spiro atoms. The molecular weight excluding hydrogens is 401 g/mol. The molecule has 1 amide bonds. The molecule has 3 heterocycles. The zero-order valence-electron chi connectivity index (χ0n) is 15.6. The Morgan fingerprint density at radius 3 is 2.68 bits per heavy atom. The van der Waals surface area contributed by atoms with Gasteiger partial charge in [-0.2, -0.15) is 4.98 Å². The molecule has 1 atom stereocenters. The van der Waals surface area contributed by atoms with Crippen LogP contribution in [0, 0.1) is 11.8 Å². The van der Waals surface area contributed by atoms with Crippen LogP contribution in [0.2, 0.25) is 5.02 Å². The van der Waals surface area contributed by atoms with E-state index >= 15 is 0 Å². The van der Waals surface area contributed by atoms with E-state index in [1.807, 2.05) is 12.1 Å². The Labute approximate surface area is 175 Å². The molecule has 0 unspecified atom stereocenters. The smallest absolute Gasteiger partial charge is 0.324 e. The first-order valence-electron chi connectivity index (χ1n) is 9.52. The van der Waals surface area contributed by atoms with Gasteiger partial charge in [-0.25, -0.2) is 0 Å². The van der Waals surface area contributed by atoms with Crippen LogP contribution in [-0.4, -0.2) is 48.8 Å². The zero-order valence-corrected chi connectivity index (χ0v) is 17.1. The van der Waals surface area contributed by atoms with Crippen molar-refractivity contribution < 1.29 is 9.32 Å². The fourth-order valence-electron chi connectivity index (χ4n) is 3.67. The molecule has 4 rings (SSSR count). The third-order valence-corrected chi connectivity index (χ3v) is 5.63. The highest BCUT2D eigenvalue weighted by Crippen LogP contribution is 2.25. The van der Waals surface area contributed by atoms with Crippen molar-refractivity contribution in [3.8, 4) is 11.4 Å². The Bertz CT molecular complexity index is 769. The topological polar surface area (TPSA) is 83.3 Å². The quantitative estimate of drug-likeness (QED) is 0.765. The Morgan fingerprint density at radius 1 is 1.25 bits per heavy atom. The highest BCUT2D eigenvalue weighted by atomic mass is 35.5. The van der Waals surface area contributed by atoms with Gasteiger partial charge < -0.3 is 20.1 Å². The van der Waals surface area contributed by atoms with E-state index in [0.29, 0.717) is 22.8 Å². The molecule has 9 heteroatoms. The second-order valence-corrected chi connectivity index (χ2v) is 7.71. The number of carbonyl (C=O) groups excluding carboxylic acids is 1. The summed E-state index contributed by atoms with van der Waals surface area (Å²) in [6, 6.07) is 7.86. The maximum Gasteiger partial charge on any atom is 0.324 e. The van der Waals surface area contributed by atoms with E-state index in [1.54, 1.807) is 12.1 Å². The lowest BCUT2D eigenvalue weighted by molar-refractivity contribution is -0.125. The average Bonchev–Trinajstić information content (AvgIpc) is 3.39. The van der Waals surface area contributed by atoms with Crippen LogP contribution in [0.5, 0.6) is 0 Å². The summed E-state index contributed by atoms with van der Waals surface area (Å²) in [5.74, 6) is 1.36. The first-order chi connectivity index (χ1) is 13.2. The Kier molecular flexibility index (Phi) is 7.15. The van der Waals surface area contributed by atoms with Crippen LogP contribution in [0.15, 0.2) is 28.8 Å². The second-order valence-electron chi connectivity index (χ2n) is 7.27. The number of carbonyl (C=O) groups is 1. The number of aromatic nitrogens is 2. The largest absolute Gasteiger partial charge is 0.356 e. The molecular formula is C19H25Cl2N5O2. The maximum atomic E-state index is 12.4. The van der Waals surface area contributed by atoms with Gasteiger partial charge in [-0.05, 0) is 62.5 Å². The van der Waals surface area contributed by atoms with Crippen LogP contribution in [-0.2, 0) is 4.79 Å². The van der Waals surface area contributed by atoms with Crippen LogP contribution in [0.1, 0.15) is 19.3 Å². The number of hydrogen-bond donors (Lipinski definition) is 2. The summed E-state index contributed by atoms with van der Waals surface area (Å²) >= 11 is 5.92. The summed E-state index contributed by atoms with van der Waals surface area (Å²) in [7, 11) is 0. The summed E-state index contributed by atoms with van der Waals surface area (Å²) < 4.78 is 5.42. The molecule has 0 aliphatic carbocycles. The number of halogens is 2. The van der Waals surface area contributed by atoms with Crippen LogP contribution < -0.4 is 15.5 Å². The van der Waals surface area contributed by atoms with Crippen molar-refractivity contribution in [2.75, 3.05) is 37.6 Å². The first kappa shape index (κ1) is 20.9. The summed E-state index contributed by atoms with van der Waals surface area (Å²) in [4.78, 5) is 18.9. The standard InChI is InChI=1S/C19H24ClN5O2.ClH/c20-16-3-1-14(2-4-16)17-23-19(27-24-17)25-9-6-15(7-10-25)18(26)22-12-13-5-8-21-11-13;/h1-4,13,15,21H,5-12H2,(H,22,26);1H/t13-;/m0./s1. The van der Waals surface area contributed by atoms with Crippen LogP contribution in [0.4, 0.5) is 6.01 Å². The van der Waals surface area contributed by atoms with E-state index in [0.717, 1.165) is 57.5 Å². The number of nitrogens with zero attached hydrogens (tertiary/aromatic N) is 3. The summed E-state index contributed by atoms with van der Waals surface area (Å²) in [6.45, 7) is 4.32. The Hall–Kier alpha value is -1.83. The van der Waals surface area contributed by atoms with Gasteiger partial charge in [0.2, 0.25) is 11.7 Å². The van der Waals surface area contributed by atoms with E-state index in [2.05, 4.69) is 25.7 Å². The molecule has 2 aliphatic rings. The van der Waals surface area contributed by atoms with Crippen molar-refractivity contribution in [2.45, 2.75) is 19.3 Å². The van der Waals surface area contributed by atoms with E-state index in [9.17, 15) is 4.79 Å². The predicted molar refractivity (Wildman–Crippen MR) is 111 cm³/mol. The minimum Gasteiger partial charge on any atom is -0.356 e. The number of nitrogens with one attached hydrogen (secondary N) is 2. The number of rotatable bonds is 5. The molecule has 7 nitrogen and oxygen atoms in total. The number of anilines is 1. The van der Waals surface area contributed by atoms with Crippen molar-refractivity contribution in [3.63, 3.8) is 0 Å². The molecule has 1 aromatic heterocycles. The fraction of sp³-hybridized carbons (Fsp3) is 0.526. The molecule has 2 aliphatic heterocycles. The van der Waals surface area contributed by atoms with E-state index < -0.39 is 0 Å². The van der Waals surface area contributed by atoms with Gasteiger partial charge in [0.1, 0.15) is 0 Å². The highest BCUT2D eigenvalue weighted by Gasteiger charge is 2.28. The molecule has 0 saturated carbocycles. The zero-order chi connectivity index (χ0) is 18.6. The number of hydrogen-bond acceptors (Lipinski definition) is 6. The fourth-order valence-corrected chi connectivity index (χ4v) is 3.80. The number of benzene rings is 1. The highest BCUT2D eigenvalue weighted by molar-refractivity contribution is 6.30. The van der Waals surface area contributed by atoms with Crippen LogP contribution in [0.3, 0.4) is 0 Å². The number of amides is 1. The third kappa shape index (κ3) is 4.96. The normalized spacial score (nSPS) is 20.0. The lowest BCUT2D eigenvalue weighted by Gasteiger charge is -2.29. The molecule has 0 bridgehead atoms. The maximum absolute atomic E-state index is 12.4. The molecule has 2 saturated heterocycles. The van der Waals surface area contributed by atoms with Gasteiger partial charge in [-0.3, -0.25) is 4.79 Å². The lowest BCUT2D eigenvalue weighted by atomic mass is 9.96. The van der Waals surface area contributed by atoms with Crippen LogP contribution >= 0.6 is 24.0 Å². The van der Waals surface area contributed by atoms with Gasteiger partial charge in [0.15, 0.2) is 0 Å². The predicted octanol–water partition coefficient (Wildman–Crippen LogP) is 2.75. The summed E-state index contributed by atoms with van der Waals surface area (Å²) in [5, 5.41) is 11.2. The van der Waals surface area contributed by atoms with Crippen molar-refractivity contribution >= 4 is 35.9 Å². The molecule has 152 valence electrons. The van der Waals surface area contributed by atoms with Crippen LogP contribution in [0.25, 0.3) is 11.4 Å². The lowest BCUT2D eigenvalue weighted by Crippen LogP contribution is -2.42. The van der Waals surface area contributed by atoms with Gasteiger partial charge in [0.25, 0.3) is 0 Å². The van der Waals surface area contributed by atoms with E-state index in [4.69, 9.17) is 16.1 Å². The Morgan fingerprint density at radius 2 is 2.00 bits per heavy atom. The Balaban J connectivity index is 0.00000225. The average molecular weight is 426 g/mol. The van der Waals surface area contributed by atoms with Gasteiger partial charge >= 0.3 is 6.01 Å².